The van der Waals surface area contributed by atoms with Gasteiger partial charge in [-0.3, -0.25) is 0 Å². The predicted molar refractivity (Wildman–Crippen MR) is 151 cm³/mol. The van der Waals surface area contributed by atoms with Gasteiger partial charge in [0, 0.05) is 6.42 Å². The van der Waals surface area contributed by atoms with Crippen LogP contribution < -0.4 is 11.7 Å². The number of hydrogen-bond acceptors (Lipinski definition) is 8. The highest BCUT2D eigenvalue weighted by Crippen LogP contribution is 2.37. The largest absolute Gasteiger partial charge is 0.457 e. The van der Waals surface area contributed by atoms with Crippen LogP contribution in [0.4, 0.5) is 4.79 Å². The summed E-state index contributed by atoms with van der Waals surface area (Å²) in [4.78, 5) is 42.8. The fraction of sp³-hybridized carbons (Fsp3) is 0.156. The highest BCUT2D eigenvalue weighted by atomic mass is 16.7. The van der Waals surface area contributed by atoms with Crippen molar-refractivity contribution in [1.82, 2.24) is 5.01 Å². The van der Waals surface area contributed by atoms with Gasteiger partial charge in [0.25, 0.3) is 0 Å². The summed E-state index contributed by atoms with van der Waals surface area (Å²) in [6.45, 7) is 0.0146. The molecule has 0 saturated carbocycles. The molecule has 1 aliphatic carbocycles. The van der Waals surface area contributed by atoms with Crippen LogP contribution in [0.15, 0.2) is 97.1 Å². The van der Waals surface area contributed by atoms with E-state index in [0.717, 1.165) is 28.7 Å². The summed E-state index contributed by atoms with van der Waals surface area (Å²) in [5, 5.41) is 0.629. The van der Waals surface area contributed by atoms with Crippen molar-refractivity contribution in [2.45, 2.75) is 32.1 Å². The quantitative estimate of drug-likeness (QED) is 0.119. The van der Waals surface area contributed by atoms with Gasteiger partial charge in [-0.05, 0) is 57.5 Å². The number of carbonyl (C=O) groups excluding carboxylic acids is 3. The Morgan fingerprint density at radius 2 is 1.44 bits per heavy atom. The molecule has 0 aromatic heterocycles. The Labute approximate surface area is 237 Å². The van der Waals surface area contributed by atoms with Crippen LogP contribution in [0.3, 0.4) is 0 Å². The molecule has 0 aliphatic heterocycles. The Kier molecular flexibility index (Phi) is 8.38. The van der Waals surface area contributed by atoms with E-state index in [9.17, 15) is 14.4 Å². The van der Waals surface area contributed by atoms with Crippen LogP contribution in [0.5, 0.6) is 0 Å². The van der Waals surface area contributed by atoms with Crippen molar-refractivity contribution in [1.29, 1.82) is 0 Å². The molecule has 0 saturated heterocycles. The van der Waals surface area contributed by atoms with Crippen molar-refractivity contribution in [3.8, 4) is 11.1 Å². The first-order valence-corrected chi connectivity index (χ1v) is 13.0. The van der Waals surface area contributed by atoms with Gasteiger partial charge in [-0.1, -0.05) is 84.9 Å². The first-order chi connectivity index (χ1) is 19.9. The first-order valence-electron chi connectivity index (χ1n) is 13.0. The van der Waals surface area contributed by atoms with Crippen molar-refractivity contribution in [2.75, 3.05) is 0 Å². The van der Waals surface area contributed by atoms with E-state index < -0.39 is 24.1 Å². The Bertz CT molecular complexity index is 1570. The predicted octanol–water partition coefficient (Wildman–Crippen LogP) is 4.46. The number of carbonyl (C=O) groups is 3. The minimum Gasteiger partial charge on any atom is -0.457 e. The lowest BCUT2D eigenvalue weighted by Gasteiger charge is -2.25. The molecule has 0 fully saturated rings. The number of nitrogens with zero attached hydrogens (tertiary/aromatic N) is 1. The second-order valence-electron chi connectivity index (χ2n) is 9.66. The lowest BCUT2D eigenvalue weighted by Crippen LogP contribution is -2.52. The molecule has 4 aromatic rings. The van der Waals surface area contributed by atoms with Crippen molar-refractivity contribution in [3.05, 3.63) is 130 Å². The number of esters is 1. The molecule has 0 bridgehead atoms. The molecule has 0 spiro atoms. The number of hydrogen-bond donors (Lipinski definition) is 2. The maximum absolute atomic E-state index is 12.9. The van der Waals surface area contributed by atoms with E-state index in [2.05, 4.69) is 17.0 Å². The SMILES string of the molecule is NOC(=O)[C@H](Cc1ccccc1C(=O)OCc1ccccc1)N(N)C(=O)OCc1ccc2c(c1)-c1ccccc1C2. The number of ether oxygens (including phenoxy) is 2. The molecular weight excluding hydrogens is 522 g/mol. The van der Waals surface area contributed by atoms with Gasteiger partial charge in [0.05, 0.1) is 5.56 Å². The molecule has 0 radical (unpaired) electrons. The van der Waals surface area contributed by atoms with E-state index in [1.807, 2.05) is 60.7 Å². The number of amides is 1. The second-order valence-corrected chi connectivity index (χ2v) is 9.66. The van der Waals surface area contributed by atoms with Gasteiger partial charge < -0.3 is 14.3 Å². The van der Waals surface area contributed by atoms with Gasteiger partial charge in [0.15, 0.2) is 6.04 Å². The molecule has 1 amide bonds. The van der Waals surface area contributed by atoms with Crippen LogP contribution in [0.2, 0.25) is 0 Å². The third-order valence-electron chi connectivity index (χ3n) is 7.02. The van der Waals surface area contributed by atoms with Gasteiger partial charge in [-0.25, -0.2) is 25.2 Å². The summed E-state index contributed by atoms with van der Waals surface area (Å²) in [6, 6.07) is 28.5. The zero-order valence-electron chi connectivity index (χ0n) is 22.2. The van der Waals surface area contributed by atoms with E-state index in [1.165, 1.54) is 11.1 Å². The van der Waals surface area contributed by atoms with E-state index >= 15 is 0 Å². The van der Waals surface area contributed by atoms with Crippen molar-refractivity contribution < 1.29 is 28.7 Å². The van der Waals surface area contributed by atoms with Crippen LogP contribution in [0, 0.1) is 0 Å². The van der Waals surface area contributed by atoms with Crippen molar-refractivity contribution in [2.24, 2.45) is 11.7 Å². The maximum atomic E-state index is 12.9. The number of fused-ring (bicyclic) bond motifs is 3. The van der Waals surface area contributed by atoms with Gasteiger partial charge in [-0.2, -0.15) is 5.90 Å². The molecule has 9 nitrogen and oxygen atoms in total. The maximum Gasteiger partial charge on any atom is 0.425 e. The minimum atomic E-state index is -1.36. The number of hydrazine groups is 1. The summed E-state index contributed by atoms with van der Waals surface area (Å²) >= 11 is 0. The molecule has 208 valence electrons. The molecule has 5 rings (SSSR count). The van der Waals surface area contributed by atoms with Gasteiger partial charge in [0.2, 0.25) is 0 Å². The van der Waals surface area contributed by atoms with Crippen LogP contribution >= 0.6 is 0 Å². The van der Waals surface area contributed by atoms with Crippen LogP contribution in [-0.4, -0.2) is 29.1 Å². The average molecular weight is 552 g/mol. The molecular formula is C32H29N3O6. The van der Waals surface area contributed by atoms with E-state index in [-0.39, 0.29) is 25.2 Å². The lowest BCUT2D eigenvalue weighted by molar-refractivity contribution is -0.150. The molecule has 0 heterocycles. The molecule has 1 atom stereocenters. The fourth-order valence-corrected chi connectivity index (χ4v) is 4.89. The number of benzene rings is 4. The zero-order valence-corrected chi connectivity index (χ0v) is 22.2. The second kappa shape index (κ2) is 12.5. The average Bonchev–Trinajstić information content (AvgIpc) is 3.39. The monoisotopic (exact) mass is 551 g/mol. The highest BCUT2D eigenvalue weighted by Gasteiger charge is 2.32. The third kappa shape index (κ3) is 6.27. The van der Waals surface area contributed by atoms with Crippen LogP contribution in [0.25, 0.3) is 11.1 Å². The summed E-state index contributed by atoms with van der Waals surface area (Å²) in [7, 11) is 0. The van der Waals surface area contributed by atoms with Gasteiger partial charge >= 0.3 is 18.0 Å². The molecule has 4 aromatic carbocycles. The summed E-state index contributed by atoms with van der Waals surface area (Å²) < 4.78 is 10.9. The zero-order chi connectivity index (χ0) is 28.8. The molecule has 41 heavy (non-hydrogen) atoms. The molecule has 1 aliphatic rings. The highest BCUT2D eigenvalue weighted by molar-refractivity contribution is 5.91. The number of rotatable bonds is 9. The van der Waals surface area contributed by atoms with E-state index in [1.54, 1.807) is 24.3 Å². The lowest BCUT2D eigenvalue weighted by atomic mass is 10.00. The minimum absolute atomic E-state index is 0.0607. The normalized spacial score (nSPS) is 12.0. The van der Waals surface area contributed by atoms with E-state index in [4.69, 9.17) is 21.2 Å². The Hall–Kier alpha value is -4.99. The molecule has 9 heteroatoms. The van der Waals surface area contributed by atoms with Crippen LogP contribution in [0.1, 0.15) is 38.2 Å². The topological polar surface area (TPSA) is 134 Å². The third-order valence-corrected chi connectivity index (χ3v) is 7.02. The summed E-state index contributed by atoms with van der Waals surface area (Å²) in [5.74, 6) is 9.65. The summed E-state index contributed by atoms with van der Waals surface area (Å²) in [5.41, 5.74) is 6.94. The molecule has 4 N–H and O–H groups in total. The standard InChI is InChI=1S/C32H29N3O6/c33-35(32(38)40-20-22-14-15-25-17-23-10-4-6-12-26(23)28(25)16-22)29(31(37)41-34)18-24-11-5-7-13-27(24)30(36)39-19-21-8-2-1-3-9-21/h1-16,29H,17-20,33-34H2/t29-/m0/s1. The van der Waals surface area contributed by atoms with Gasteiger partial charge in [0.1, 0.15) is 13.2 Å². The van der Waals surface area contributed by atoms with E-state index in [0.29, 0.717) is 10.6 Å². The van der Waals surface area contributed by atoms with Crippen molar-refractivity contribution in [3.63, 3.8) is 0 Å². The fourth-order valence-electron chi connectivity index (χ4n) is 4.89. The first kappa shape index (κ1) is 27.6. The Morgan fingerprint density at radius 3 is 2.24 bits per heavy atom. The van der Waals surface area contributed by atoms with Crippen LogP contribution in [-0.2, 0) is 45.2 Å². The van der Waals surface area contributed by atoms with Crippen molar-refractivity contribution >= 4 is 18.0 Å². The summed E-state index contributed by atoms with van der Waals surface area (Å²) in [6.07, 6.45) is -0.259. The number of nitrogens with two attached hydrogens (primary N) is 2. The molecule has 0 unspecified atom stereocenters. The smallest absolute Gasteiger partial charge is 0.425 e. The Morgan fingerprint density at radius 1 is 0.756 bits per heavy atom. The van der Waals surface area contributed by atoms with Gasteiger partial charge in [-0.15, -0.1) is 0 Å². The Balaban J connectivity index is 1.26.